The molecule has 2 atom stereocenters. The molecule has 1 aliphatic heterocycles. The molecule has 0 radical (unpaired) electrons. The third kappa shape index (κ3) is 3.63. The number of rotatable bonds is 2. The van der Waals surface area contributed by atoms with Crippen LogP contribution >= 0.6 is 0 Å². The molecule has 1 aromatic rings. The number of para-hydroxylation sites is 2. The van der Waals surface area contributed by atoms with Gasteiger partial charge in [-0.2, -0.15) is 0 Å². The number of benzene rings is 1. The van der Waals surface area contributed by atoms with Gasteiger partial charge in [0, 0.05) is 25.2 Å². The number of hydrogen-bond acceptors (Lipinski definition) is 3. The van der Waals surface area contributed by atoms with E-state index in [0.29, 0.717) is 23.9 Å². The molecule has 1 aromatic carbocycles. The van der Waals surface area contributed by atoms with Crippen molar-refractivity contribution in [2.45, 2.75) is 39.8 Å². The molecule has 1 heterocycles. The van der Waals surface area contributed by atoms with Gasteiger partial charge in [-0.3, -0.25) is 0 Å². The maximum Gasteiger partial charge on any atom is 0.0578 e. The van der Waals surface area contributed by atoms with Crippen LogP contribution in [-0.2, 0) is 0 Å². The van der Waals surface area contributed by atoms with Crippen LogP contribution in [0.5, 0.6) is 0 Å². The van der Waals surface area contributed by atoms with E-state index in [2.05, 4.69) is 67.9 Å². The van der Waals surface area contributed by atoms with Crippen molar-refractivity contribution < 1.29 is 0 Å². The molecule has 0 amide bonds. The van der Waals surface area contributed by atoms with Crippen molar-refractivity contribution in [3.63, 3.8) is 0 Å². The number of nitrogens with one attached hydrogen (secondary N) is 3. The summed E-state index contributed by atoms with van der Waals surface area (Å²) in [7, 11) is 0. The minimum absolute atomic E-state index is 0.460. The summed E-state index contributed by atoms with van der Waals surface area (Å²) < 4.78 is 0. The fourth-order valence-electron chi connectivity index (χ4n) is 2.46. The molecular weight excluding hydrogens is 234 g/mol. The van der Waals surface area contributed by atoms with Gasteiger partial charge in [-0.1, -0.05) is 39.8 Å². The van der Waals surface area contributed by atoms with E-state index in [-0.39, 0.29) is 0 Å². The fourth-order valence-corrected chi connectivity index (χ4v) is 2.46. The summed E-state index contributed by atoms with van der Waals surface area (Å²) in [6.07, 6.45) is 0. The Balaban J connectivity index is 2.23. The molecule has 0 aromatic heterocycles. The van der Waals surface area contributed by atoms with Gasteiger partial charge in [0.05, 0.1) is 11.4 Å². The highest BCUT2D eigenvalue weighted by Gasteiger charge is 2.21. The smallest absolute Gasteiger partial charge is 0.0578 e. The van der Waals surface area contributed by atoms with Crippen LogP contribution in [-0.4, -0.2) is 25.2 Å². The van der Waals surface area contributed by atoms with Gasteiger partial charge in [-0.25, -0.2) is 0 Å². The Morgan fingerprint density at radius 1 is 0.895 bits per heavy atom. The van der Waals surface area contributed by atoms with E-state index in [0.717, 1.165) is 13.1 Å². The van der Waals surface area contributed by atoms with Crippen LogP contribution in [0.25, 0.3) is 0 Å². The third-order valence-corrected chi connectivity index (χ3v) is 3.99. The lowest BCUT2D eigenvalue weighted by atomic mass is 10.0. The molecule has 0 saturated heterocycles. The first-order valence-corrected chi connectivity index (χ1v) is 7.40. The van der Waals surface area contributed by atoms with E-state index in [9.17, 15) is 0 Å². The van der Waals surface area contributed by atoms with Crippen molar-refractivity contribution in [3.8, 4) is 0 Å². The number of fused-ring (bicyclic) bond motifs is 1. The summed E-state index contributed by atoms with van der Waals surface area (Å²) in [4.78, 5) is 0. The molecule has 0 aliphatic carbocycles. The van der Waals surface area contributed by atoms with Crippen molar-refractivity contribution in [1.82, 2.24) is 5.32 Å². The maximum atomic E-state index is 3.70. The second kappa shape index (κ2) is 6.29. The highest BCUT2D eigenvalue weighted by molar-refractivity contribution is 5.69. The average molecular weight is 261 g/mol. The van der Waals surface area contributed by atoms with Crippen LogP contribution < -0.4 is 16.0 Å². The second-order valence-corrected chi connectivity index (χ2v) is 6.18. The van der Waals surface area contributed by atoms with Crippen LogP contribution in [0.2, 0.25) is 0 Å². The second-order valence-electron chi connectivity index (χ2n) is 6.18. The van der Waals surface area contributed by atoms with E-state index in [1.165, 1.54) is 11.4 Å². The van der Waals surface area contributed by atoms with Gasteiger partial charge < -0.3 is 16.0 Å². The molecule has 3 heteroatoms. The quantitative estimate of drug-likeness (QED) is 0.765. The van der Waals surface area contributed by atoms with Gasteiger partial charge in [-0.15, -0.1) is 0 Å². The Kier molecular flexibility index (Phi) is 4.70. The summed E-state index contributed by atoms with van der Waals surface area (Å²) in [5.41, 5.74) is 2.43. The minimum Gasteiger partial charge on any atom is -0.382 e. The van der Waals surface area contributed by atoms with Gasteiger partial charge in [0.1, 0.15) is 0 Å². The minimum atomic E-state index is 0.460. The molecule has 0 spiro atoms. The zero-order valence-corrected chi connectivity index (χ0v) is 12.5. The summed E-state index contributed by atoms with van der Waals surface area (Å²) >= 11 is 0. The molecule has 0 bridgehead atoms. The first-order chi connectivity index (χ1) is 9.08. The Hall–Kier alpha value is -1.22. The fraction of sp³-hybridized carbons (Fsp3) is 0.625. The predicted molar refractivity (Wildman–Crippen MR) is 83.8 cm³/mol. The maximum absolute atomic E-state index is 3.70. The summed E-state index contributed by atoms with van der Waals surface area (Å²) in [5, 5.41) is 10.9. The molecule has 0 saturated carbocycles. The Morgan fingerprint density at radius 2 is 1.53 bits per heavy atom. The lowest BCUT2D eigenvalue weighted by Gasteiger charge is -2.26. The first-order valence-electron chi connectivity index (χ1n) is 7.40. The monoisotopic (exact) mass is 261 g/mol. The third-order valence-electron chi connectivity index (χ3n) is 3.99. The standard InChI is InChI=1S/C16H27N3/c1-11(2)15-9-17-13-7-5-6-8-14(13)19-16(10-18-15)12(3)4/h5-8,11-12,15-19H,9-10H2,1-4H3/t15-,16-/m1/s1. The Bertz CT molecular complexity index is 401. The van der Waals surface area contributed by atoms with E-state index < -0.39 is 0 Å². The van der Waals surface area contributed by atoms with Crippen LogP contribution in [0.1, 0.15) is 27.7 Å². The van der Waals surface area contributed by atoms with E-state index >= 15 is 0 Å². The molecule has 3 N–H and O–H groups in total. The Morgan fingerprint density at radius 3 is 2.16 bits per heavy atom. The molecule has 3 nitrogen and oxygen atoms in total. The molecule has 0 fully saturated rings. The zero-order chi connectivity index (χ0) is 13.8. The summed E-state index contributed by atoms with van der Waals surface area (Å²) in [6.45, 7) is 11.1. The highest BCUT2D eigenvalue weighted by atomic mass is 15.1. The molecule has 106 valence electrons. The Labute approximate surface area is 117 Å². The van der Waals surface area contributed by atoms with E-state index in [4.69, 9.17) is 0 Å². The lowest BCUT2D eigenvalue weighted by molar-refractivity contribution is 0.384. The molecule has 2 rings (SSSR count). The highest BCUT2D eigenvalue weighted by Crippen LogP contribution is 2.24. The number of anilines is 2. The summed E-state index contributed by atoms with van der Waals surface area (Å²) in [5.74, 6) is 1.23. The van der Waals surface area contributed by atoms with Crippen LogP contribution in [0.15, 0.2) is 24.3 Å². The lowest BCUT2D eigenvalue weighted by Crippen LogP contribution is -2.45. The van der Waals surface area contributed by atoms with Crippen molar-refractivity contribution in [3.05, 3.63) is 24.3 Å². The van der Waals surface area contributed by atoms with Crippen molar-refractivity contribution in [2.75, 3.05) is 23.7 Å². The van der Waals surface area contributed by atoms with Gasteiger partial charge in [-0.05, 0) is 24.0 Å². The topological polar surface area (TPSA) is 36.1 Å². The molecule has 0 unspecified atom stereocenters. The van der Waals surface area contributed by atoms with E-state index in [1.807, 2.05) is 0 Å². The molecule has 19 heavy (non-hydrogen) atoms. The number of hydrogen-bond donors (Lipinski definition) is 3. The molecular formula is C16H27N3. The summed E-state index contributed by atoms with van der Waals surface area (Å²) in [6, 6.07) is 9.47. The van der Waals surface area contributed by atoms with Crippen LogP contribution in [0, 0.1) is 11.8 Å². The van der Waals surface area contributed by atoms with Crippen LogP contribution in [0.3, 0.4) is 0 Å². The largest absolute Gasteiger partial charge is 0.382 e. The average Bonchev–Trinajstić information content (AvgIpc) is 2.46. The van der Waals surface area contributed by atoms with Crippen LogP contribution in [0.4, 0.5) is 11.4 Å². The van der Waals surface area contributed by atoms with E-state index in [1.54, 1.807) is 0 Å². The molecule has 1 aliphatic rings. The van der Waals surface area contributed by atoms with Gasteiger partial charge in [0.25, 0.3) is 0 Å². The van der Waals surface area contributed by atoms with Gasteiger partial charge in [0.15, 0.2) is 0 Å². The zero-order valence-electron chi connectivity index (χ0n) is 12.5. The van der Waals surface area contributed by atoms with Crippen molar-refractivity contribution >= 4 is 11.4 Å². The van der Waals surface area contributed by atoms with Crippen molar-refractivity contribution in [2.24, 2.45) is 11.8 Å². The van der Waals surface area contributed by atoms with Gasteiger partial charge >= 0.3 is 0 Å². The SMILES string of the molecule is CC(C)[C@H]1CNc2ccccc2N[C@@H](C(C)C)CN1. The predicted octanol–water partition coefficient (Wildman–Crippen LogP) is 3.16. The van der Waals surface area contributed by atoms with Gasteiger partial charge in [0.2, 0.25) is 0 Å². The van der Waals surface area contributed by atoms with Crippen molar-refractivity contribution in [1.29, 1.82) is 0 Å². The first kappa shape index (κ1) is 14.2. The normalized spacial score (nSPS) is 23.9.